The van der Waals surface area contributed by atoms with Crippen LogP contribution in [0.3, 0.4) is 0 Å². The molecule has 100 valence electrons. The van der Waals surface area contributed by atoms with Crippen LogP contribution in [0, 0.1) is 0 Å². The van der Waals surface area contributed by atoms with Crippen molar-refractivity contribution in [2.45, 2.75) is 0 Å². The lowest BCUT2D eigenvalue weighted by atomic mass is 10.2. The molecular formula is C14H16N2O2S. The van der Waals surface area contributed by atoms with Crippen LogP contribution < -0.4 is 5.76 Å². The van der Waals surface area contributed by atoms with Crippen LogP contribution >= 0.6 is 11.8 Å². The minimum atomic E-state index is -0.315. The maximum absolute atomic E-state index is 11.4. The van der Waals surface area contributed by atoms with Crippen LogP contribution in [-0.4, -0.2) is 34.2 Å². The first-order valence-corrected chi connectivity index (χ1v) is 7.46. The van der Waals surface area contributed by atoms with Crippen molar-refractivity contribution in [3.63, 3.8) is 0 Å². The summed E-state index contributed by atoms with van der Waals surface area (Å²) in [6.45, 7) is 2.14. The molecule has 0 saturated carbocycles. The topological polar surface area (TPSA) is 38.4 Å². The molecule has 2 aromatic rings. The first-order chi connectivity index (χ1) is 9.24. The van der Waals surface area contributed by atoms with E-state index in [4.69, 9.17) is 4.42 Å². The molecule has 0 atom stereocenters. The molecule has 0 spiro atoms. The van der Waals surface area contributed by atoms with Gasteiger partial charge in [-0.1, -0.05) is 18.2 Å². The molecule has 0 radical (unpaired) electrons. The van der Waals surface area contributed by atoms with Crippen molar-refractivity contribution in [1.29, 1.82) is 0 Å². The van der Waals surface area contributed by atoms with Gasteiger partial charge in [0.05, 0.1) is 5.52 Å². The van der Waals surface area contributed by atoms with Crippen LogP contribution in [0.15, 0.2) is 33.5 Å². The molecule has 0 bridgehead atoms. The third-order valence-corrected chi connectivity index (χ3v) is 4.33. The summed E-state index contributed by atoms with van der Waals surface area (Å²) in [6.07, 6.45) is 4.24. The number of rotatable bonds is 3. The maximum Gasteiger partial charge on any atom is 0.419 e. The van der Waals surface area contributed by atoms with E-state index < -0.39 is 0 Å². The van der Waals surface area contributed by atoms with Crippen molar-refractivity contribution in [2.24, 2.45) is 7.05 Å². The van der Waals surface area contributed by atoms with E-state index in [9.17, 15) is 4.79 Å². The van der Waals surface area contributed by atoms with E-state index >= 15 is 0 Å². The molecule has 1 aliphatic heterocycles. The molecule has 4 nitrogen and oxygen atoms in total. The van der Waals surface area contributed by atoms with Gasteiger partial charge >= 0.3 is 5.76 Å². The molecule has 1 aromatic carbocycles. The van der Waals surface area contributed by atoms with Crippen molar-refractivity contribution < 1.29 is 4.42 Å². The molecular weight excluding hydrogens is 260 g/mol. The van der Waals surface area contributed by atoms with Crippen molar-refractivity contribution in [2.75, 3.05) is 24.7 Å². The summed E-state index contributed by atoms with van der Waals surface area (Å²) < 4.78 is 6.70. The van der Waals surface area contributed by atoms with Gasteiger partial charge in [-0.2, -0.15) is 0 Å². The molecule has 1 saturated heterocycles. The number of nitrogens with zero attached hydrogens (tertiary/aromatic N) is 2. The predicted octanol–water partition coefficient (Wildman–Crippen LogP) is 2.15. The standard InChI is InChI=1S/C14H16N2O2S/c1-15-12-5-4-11(9-13(12)18-14(15)17)3-2-6-16-7-8-19-10-16/h2-5,9H,6-8,10H2,1H3/b3-2+. The van der Waals surface area contributed by atoms with Gasteiger partial charge < -0.3 is 4.42 Å². The average molecular weight is 276 g/mol. The summed E-state index contributed by atoms with van der Waals surface area (Å²) >= 11 is 1.97. The Morgan fingerprint density at radius 1 is 1.47 bits per heavy atom. The lowest BCUT2D eigenvalue weighted by Crippen LogP contribution is -2.18. The van der Waals surface area contributed by atoms with E-state index in [0.717, 1.165) is 23.5 Å². The lowest BCUT2D eigenvalue weighted by Gasteiger charge is -2.09. The third kappa shape index (κ3) is 2.62. The van der Waals surface area contributed by atoms with E-state index in [1.807, 2.05) is 30.0 Å². The minimum Gasteiger partial charge on any atom is -0.408 e. The summed E-state index contributed by atoms with van der Waals surface area (Å²) in [5.74, 6) is 2.04. The zero-order chi connectivity index (χ0) is 13.2. The number of hydrogen-bond donors (Lipinski definition) is 0. The quantitative estimate of drug-likeness (QED) is 0.861. The van der Waals surface area contributed by atoms with E-state index in [0.29, 0.717) is 5.58 Å². The fourth-order valence-corrected chi connectivity index (χ4v) is 3.20. The highest BCUT2D eigenvalue weighted by Crippen LogP contribution is 2.16. The summed E-state index contributed by atoms with van der Waals surface area (Å²) in [5, 5.41) is 0. The number of benzene rings is 1. The fourth-order valence-electron chi connectivity index (χ4n) is 2.19. The molecule has 5 heteroatoms. The Morgan fingerprint density at radius 2 is 2.37 bits per heavy atom. The first-order valence-electron chi connectivity index (χ1n) is 6.30. The van der Waals surface area contributed by atoms with Crippen LogP contribution in [0.25, 0.3) is 17.2 Å². The van der Waals surface area contributed by atoms with E-state index in [1.165, 1.54) is 16.9 Å². The second-order valence-electron chi connectivity index (χ2n) is 4.67. The van der Waals surface area contributed by atoms with Crippen molar-refractivity contribution in [3.05, 3.63) is 40.4 Å². The van der Waals surface area contributed by atoms with E-state index in [1.54, 1.807) is 7.05 Å². The van der Waals surface area contributed by atoms with Gasteiger partial charge in [0.2, 0.25) is 0 Å². The summed E-state index contributed by atoms with van der Waals surface area (Å²) in [6, 6.07) is 5.84. The predicted molar refractivity (Wildman–Crippen MR) is 79.4 cm³/mol. The van der Waals surface area contributed by atoms with E-state index in [-0.39, 0.29) is 5.76 Å². The largest absolute Gasteiger partial charge is 0.419 e. The Bertz CT molecular complexity index is 666. The average Bonchev–Trinajstić information content (AvgIpc) is 3.00. The molecule has 1 aromatic heterocycles. The number of oxazole rings is 1. The summed E-state index contributed by atoms with van der Waals surface area (Å²) in [4.78, 5) is 13.8. The van der Waals surface area contributed by atoms with Crippen molar-refractivity contribution in [1.82, 2.24) is 9.47 Å². The van der Waals surface area contributed by atoms with Gasteiger partial charge in [0.15, 0.2) is 5.58 Å². The van der Waals surface area contributed by atoms with Crippen molar-refractivity contribution >= 4 is 28.9 Å². The Balaban J connectivity index is 1.77. The second-order valence-corrected chi connectivity index (χ2v) is 5.75. The van der Waals surface area contributed by atoms with Gasteiger partial charge in [-0.25, -0.2) is 4.79 Å². The Kier molecular flexibility index (Phi) is 3.48. The number of fused-ring (bicyclic) bond motifs is 1. The highest BCUT2D eigenvalue weighted by molar-refractivity contribution is 7.99. The normalized spacial score (nSPS) is 16.9. The van der Waals surface area contributed by atoms with Crippen LogP contribution in [0.1, 0.15) is 5.56 Å². The maximum atomic E-state index is 11.4. The molecule has 1 aliphatic rings. The van der Waals surface area contributed by atoms with Crippen LogP contribution in [0.5, 0.6) is 0 Å². The molecule has 1 fully saturated rings. The van der Waals surface area contributed by atoms with Gasteiger partial charge in [0, 0.05) is 31.8 Å². The molecule has 0 aliphatic carbocycles. The SMILES string of the molecule is Cn1c(=O)oc2cc(/C=C/CN3CCSC3)ccc21. The highest BCUT2D eigenvalue weighted by atomic mass is 32.2. The van der Waals surface area contributed by atoms with Gasteiger partial charge in [-0.3, -0.25) is 9.47 Å². The zero-order valence-corrected chi connectivity index (χ0v) is 11.7. The second kappa shape index (κ2) is 5.27. The number of aryl methyl sites for hydroxylation is 1. The Labute approximate surface area is 115 Å². The molecule has 3 rings (SSSR count). The van der Waals surface area contributed by atoms with Gasteiger partial charge in [0.25, 0.3) is 0 Å². The zero-order valence-electron chi connectivity index (χ0n) is 10.8. The van der Waals surface area contributed by atoms with Gasteiger partial charge in [-0.05, 0) is 17.7 Å². The van der Waals surface area contributed by atoms with Crippen LogP contribution in [0.4, 0.5) is 0 Å². The summed E-state index contributed by atoms with van der Waals surface area (Å²) in [5.41, 5.74) is 2.54. The van der Waals surface area contributed by atoms with Gasteiger partial charge in [0.1, 0.15) is 0 Å². The Morgan fingerprint density at radius 3 is 3.16 bits per heavy atom. The van der Waals surface area contributed by atoms with Crippen LogP contribution in [0.2, 0.25) is 0 Å². The van der Waals surface area contributed by atoms with Crippen molar-refractivity contribution in [3.8, 4) is 0 Å². The summed E-state index contributed by atoms with van der Waals surface area (Å²) in [7, 11) is 1.72. The van der Waals surface area contributed by atoms with E-state index in [2.05, 4.69) is 17.1 Å². The highest BCUT2D eigenvalue weighted by Gasteiger charge is 2.09. The molecule has 0 amide bonds. The Hall–Kier alpha value is -1.46. The first kappa shape index (κ1) is 12.6. The van der Waals surface area contributed by atoms with Gasteiger partial charge in [-0.15, -0.1) is 11.8 Å². The number of aromatic nitrogens is 1. The minimum absolute atomic E-state index is 0.315. The molecule has 2 heterocycles. The fraction of sp³-hybridized carbons (Fsp3) is 0.357. The monoisotopic (exact) mass is 276 g/mol. The van der Waals surface area contributed by atoms with Crippen LogP contribution in [-0.2, 0) is 7.05 Å². The number of thioether (sulfide) groups is 1. The molecule has 0 N–H and O–H groups in total. The molecule has 19 heavy (non-hydrogen) atoms. The smallest absolute Gasteiger partial charge is 0.408 e. The lowest BCUT2D eigenvalue weighted by molar-refractivity contribution is 0.397. The number of hydrogen-bond acceptors (Lipinski definition) is 4. The third-order valence-electron chi connectivity index (χ3n) is 3.32. The molecule has 0 unspecified atom stereocenters.